The first-order chi connectivity index (χ1) is 10.5. The molecule has 7 heteroatoms. The van der Waals surface area contributed by atoms with E-state index in [1.807, 2.05) is 6.92 Å². The molecule has 23 heavy (non-hydrogen) atoms. The average Bonchev–Trinajstić information content (AvgIpc) is 2.35. The van der Waals surface area contributed by atoms with Gasteiger partial charge in [-0.25, -0.2) is 4.21 Å². The number of nitrogens with zero attached hydrogens (tertiary/aromatic N) is 1. The van der Waals surface area contributed by atoms with E-state index < -0.39 is 20.1 Å². The lowest BCUT2D eigenvalue weighted by molar-refractivity contribution is 0.596. The zero-order chi connectivity index (χ0) is 17.4. The number of sulfonamides is 1. The lowest BCUT2D eigenvalue weighted by atomic mass is 10.1. The third-order valence-corrected chi connectivity index (χ3v) is 6.94. The Hall–Kier alpha value is -1.73. The summed E-state index contributed by atoms with van der Waals surface area (Å²) in [6.07, 6.45) is 0. The van der Waals surface area contributed by atoms with Crippen molar-refractivity contribution < 1.29 is 16.5 Å². The molecule has 2 aromatic carbocycles. The zero-order valence-electron chi connectivity index (χ0n) is 13.3. The minimum Gasteiger partial charge on any atom is -0.210 e. The number of benzene rings is 2. The van der Waals surface area contributed by atoms with E-state index in [1.54, 1.807) is 45.0 Å². The summed E-state index contributed by atoms with van der Waals surface area (Å²) in [7, 11) is -8.92. The maximum absolute atomic E-state index is 14.7. The lowest BCUT2D eigenvalue weighted by Gasteiger charge is -2.10. The van der Waals surface area contributed by atoms with Gasteiger partial charge >= 0.3 is 0 Å². The van der Waals surface area contributed by atoms with E-state index in [-0.39, 0.29) is 9.79 Å². The molecule has 0 bridgehead atoms. The van der Waals surface area contributed by atoms with E-state index in [4.69, 9.17) is 0 Å². The van der Waals surface area contributed by atoms with Gasteiger partial charge < -0.3 is 0 Å². The highest BCUT2D eigenvalue weighted by molar-refractivity contribution is 8.00. The molecule has 0 saturated heterocycles. The number of hydrogen-bond donors (Lipinski definition) is 0. The molecule has 124 valence electrons. The average molecular weight is 355 g/mol. The van der Waals surface area contributed by atoms with E-state index in [0.717, 1.165) is 11.1 Å². The Morgan fingerprint density at radius 2 is 1.30 bits per heavy atom. The van der Waals surface area contributed by atoms with Crippen LogP contribution in [0.1, 0.15) is 22.3 Å². The number of halogens is 1. The van der Waals surface area contributed by atoms with Crippen LogP contribution in [0.4, 0.5) is 3.89 Å². The molecule has 0 radical (unpaired) electrons. The van der Waals surface area contributed by atoms with Crippen LogP contribution in [0.25, 0.3) is 0 Å². The summed E-state index contributed by atoms with van der Waals surface area (Å²) in [5.41, 5.74) is 2.56. The molecule has 0 saturated carbocycles. The maximum atomic E-state index is 14.7. The van der Waals surface area contributed by atoms with Gasteiger partial charge in [0.15, 0.2) is 0 Å². The second kappa shape index (κ2) is 6.05. The Labute approximate surface area is 136 Å². The van der Waals surface area contributed by atoms with Gasteiger partial charge in [0.1, 0.15) is 0 Å². The monoisotopic (exact) mass is 355 g/mol. The van der Waals surface area contributed by atoms with Crippen LogP contribution in [-0.4, -0.2) is 12.6 Å². The van der Waals surface area contributed by atoms with Crippen LogP contribution in [0, 0.1) is 27.7 Å². The van der Waals surface area contributed by atoms with Crippen molar-refractivity contribution in [2.24, 2.45) is 3.77 Å². The van der Waals surface area contributed by atoms with E-state index in [9.17, 15) is 16.5 Å². The summed E-state index contributed by atoms with van der Waals surface area (Å²) in [6, 6.07) is 9.08. The van der Waals surface area contributed by atoms with Crippen molar-refractivity contribution in [1.29, 1.82) is 0 Å². The van der Waals surface area contributed by atoms with Crippen molar-refractivity contribution in [3.63, 3.8) is 0 Å². The molecular formula is C16H18FNO3S2. The van der Waals surface area contributed by atoms with Crippen molar-refractivity contribution in [2.45, 2.75) is 37.5 Å². The zero-order valence-corrected chi connectivity index (χ0v) is 15.0. The number of hydrogen-bond acceptors (Lipinski definition) is 3. The largest absolute Gasteiger partial charge is 0.292 e. The molecular weight excluding hydrogens is 337 g/mol. The van der Waals surface area contributed by atoms with Crippen LogP contribution in [0.15, 0.2) is 50.0 Å². The fourth-order valence-electron chi connectivity index (χ4n) is 2.48. The van der Waals surface area contributed by atoms with Gasteiger partial charge in [0.05, 0.1) is 9.79 Å². The Kier molecular flexibility index (Phi) is 4.64. The predicted octanol–water partition coefficient (Wildman–Crippen LogP) is 4.02. The van der Waals surface area contributed by atoms with Gasteiger partial charge in [0.25, 0.3) is 10.0 Å². The van der Waals surface area contributed by atoms with Gasteiger partial charge in [-0.2, -0.15) is 8.42 Å². The quantitative estimate of drug-likeness (QED) is 0.781. The molecule has 0 heterocycles. The van der Waals surface area contributed by atoms with Crippen LogP contribution in [-0.2, 0) is 20.1 Å². The molecule has 2 rings (SSSR count). The third kappa shape index (κ3) is 3.79. The molecule has 0 amide bonds. The van der Waals surface area contributed by atoms with Crippen LogP contribution in [0.2, 0.25) is 0 Å². The van der Waals surface area contributed by atoms with Crippen molar-refractivity contribution in [3.8, 4) is 0 Å². The van der Waals surface area contributed by atoms with Gasteiger partial charge in [-0.15, -0.1) is 3.89 Å². The molecule has 1 atom stereocenters. The van der Waals surface area contributed by atoms with E-state index >= 15 is 0 Å². The Morgan fingerprint density at radius 3 is 1.78 bits per heavy atom. The summed E-state index contributed by atoms with van der Waals surface area (Å²) in [6.45, 7) is 6.79. The predicted molar refractivity (Wildman–Crippen MR) is 89.0 cm³/mol. The van der Waals surface area contributed by atoms with E-state index in [2.05, 4.69) is 3.77 Å². The number of rotatable bonds is 3. The summed E-state index contributed by atoms with van der Waals surface area (Å²) < 4.78 is 54.7. The normalized spacial score (nSPS) is 14.3. The molecule has 0 aliphatic heterocycles. The topological polar surface area (TPSA) is 63.6 Å². The molecule has 0 aliphatic carbocycles. The first-order valence-electron chi connectivity index (χ1n) is 6.90. The molecule has 0 N–H and O–H groups in total. The molecule has 2 aromatic rings. The molecule has 0 spiro atoms. The van der Waals surface area contributed by atoms with E-state index in [1.165, 1.54) is 12.1 Å². The molecule has 4 nitrogen and oxygen atoms in total. The summed E-state index contributed by atoms with van der Waals surface area (Å²) in [5, 5.41) is 0. The van der Waals surface area contributed by atoms with Crippen molar-refractivity contribution in [2.75, 3.05) is 0 Å². The molecule has 1 unspecified atom stereocenters. The SMILES string of the molecule is Cc1ccc(S(=O)(=O)N=S(=O)(F)c2c(C)cc(C)cc2C)cc1. The molecule has 0 fully saturated rings. The standard InChI is InChI=1S/C16H18FNO3S2/c1-11-5-7-15(8-6-11)23(20,21)18-22(17,19)16-13(3)9-12(2)10-14(16)4/h5-10H,1-4H3. The van der Waals surface area contributed by atoms with Gasteiger partial charge in [-0.3, -0.25) is 0 Å². The summed E-state index contributed by atoms with van der Waals surface area (Å²) in [5.74, 6) is 0. The summed E-state index contributed by atoms with van der Waals surface area (Å²) >= 11 is 0. The van der Waals surface area contributed by atoms with Gasteiger partial charge in [-0.05, 0) is 51.0 Å². The highest BCUT2D eigenvalue weighted by atomic mass is 32.3. The van der Waals surface area contributed by atoms with Crippen molar-refractivity contribution in [3.05, 3.63) is 58.7 Å². The van der Waals surface area contributed by atoms with Crippen molar-refractivity contribution in [1.82, 2.24) is 0 Å². The Balaban J connectivity index is 2.66. The highest BCUT2D eigenvalue weighted by Crippen LogP contribution is 2.27. The van der Waals surface area contributed by atoms with Gasteiger partial charge in [0, 0.05) is 0 Å². The second-order valence-electron chi connectivity index (χ2n) is 5.55. The molecule has 0 aromatic heterocycles. The minimum absolute atomic E-state index is 0.168. The fourth-order valence-corrected chi connectivity index (χ4v) is 5.52. The first-order valence-corrected chi connectivity index (χ1v) is 9.76. The lowest BCUT2D eigenvalue weighted by Crippen LogP contribution is -2.05. The number of aryl methyl sites for hydroxylation is 4. The molecule has 0 aliphatic rings. The van der Waals surface area contributed by atoms with Gasteiger partial charge in [-0.1, -0.05) is 39.2 Å². The summed E-state index contributed by atoms with van der Waals surface area (Å²) in [4.78, 5) is -0.352. The minimum atomic E-state index is -4.57. The fraction of sp³-hybridized carbons (Fsp3) is 0.250. The van der Waals surface area contributed by atoms with Crippen LogP contribution in [0.3, 0.4) is 0 Å². The van der Waals surface area contributed by atoms with Gasteiger partial charge in [0.2, 0.25) is 10.1 Å². The van der Waals surface area contributed by atoms with E-state index in [0.29, 0.717) is 11.1 Å². The van der Waals surface area contributed by atoms with Crippen molar-refractivity contribution >= 4 is 20.1 Å². The van der Waals surface area contributed by atoms with Crippen LogP contribution < -0.4 is 0 Å². The second-order valence-corrected chi connectivity index (χ2v) is 8.89. The van der Waals surface area contributed by atoms with Crippen LogP contribution >= 0.6 is 0 Å². The first kappa shape index (κ1) is 17.6. The Morgan fingerprint density at radius 1 is 0.826 bits per heavy atom. The smallest absolute Gasteiger partial charge is 0.210 e. The third-order valence-electron chi connectivity index (χ3n) is 3.37. The maximum Gasteiger partial charge on any atom is 0.292 e. The highest BCUT2D eigenvalue weighted by Gasteiger charge is 2.23. The van der Waals surface area contributed by atoms with Crippen LogP contribution in [0.5, 0.6) is 0 Å². The Bertz CT molecular complexity index is 948.